The quantitative estimate of drug-likeness (QED) is 0.780. The van der Waals surface area contributed by atoms with Crippen molar-refractivity contribution < 1.29 is 13.7 Å². The molecule has 24 heavy (non-hydrogen) atoms. The Morgan fingerprint density at radius 1 is 1.33 bits per heavy atom. The van der Waals surface area contributed by atoms with E-state index in [-0.39, 0.29) is 34.7 Å². The third-order valence-corrected chi connectivity index (χ3v) is 4.00. The van der Waals surface area contributed by atoms with Crippen molar-refractivity contribution in [3.63, 3.8) is 0 Å². The summed E-state index contributed by atoms with van der Waals surface area (Å²) in [5.74, 6) is 0.633. The van der Waals surface area contributed by atoms with Gasteiger partial charge in [0.25, 0.3) is 11.5 Å². The molecular weight excluding hydrogens is 312 g/mol. The maximum atomic E-state index is 12.6. The predicted octanol–water partition coefficient (Wildman–Crippen LogP) is 1.62. The lowest BCUT2D eigenvalue weighted by Gasteiger charge is -2.05. The van der Waals surface area contributed by atoms with Crippen LogP contribution in [0.4, 0.5) is 0 Å². The molecule has 0 radical (unpaired) electrons. The zero-order chi connectivity index (χ0) is 17.4. The smallest absolute Gasteiger partial charge is 0.265 e. The van der Waals surface area contributed by atoms with Gasteiger partial charge < -0.3 is 18.8 Å². The van der Waals surface area contributed by atoms with E-state index in [9.17, 15) is 9.59 Å². The SMILES string of the molecule is CCc1noc(C)c1CNC(=O)c1c(C)oc2ncn(C)c(=O)c12. The van der Waals surface area contributed by atoms with E-state index in [1.807, 2.05) is 6.92 Å². The van der Waals surface area contributed by atoms with Crippen molar-refractivity contribution in [2.24, 2.45) is 7.05 Å². The Morgan fingerprint density at radius 3 is 2.79 bits per heavy atom. The Hall–Kier alpha value is -2.90. The summed E-state index contributed by atoms with van der Waals surface area (Å²) in [6, 6.07) is 0. The minimum atomic E-state index is -0.390. The van der Waals surface area contributed by atoms with E-state index in [2.05, 4.69) is 15.5 Å². The molecule has 0 saturated heterocycles. The number of carbonyl (C=O) groups is 1. The van der Waals surface area contributed by atoms with Gasteiger partial charge in [0.05, 0.1) is 11.3 Å². The summed E-state index contributed by atoms with van der Waals surface area (Å²) in [6.45, 7) is 5.67. The second-order valence-corrected chi connectivity index (χ2v) is 5.57. The fourth-order valence-corrected chi connectivity index (χ4v) is 2.66. The zero-order valence-electron chi connectivity index (χ0n) is 14.0. The Morgan fingerprint density at radius 2 is 2.08 bits per heavy atom. The molecule has 3 heterocycles. The standard InChI is InChI=1S/C16H18N4O4/c1-5-11-10(8(2)24-19-11)6-17-14(21)12-9(3)23-15-13(12)16(22)20(4)7-18-15/h7H,5-6H2,1-4H3,(H,17,21). The summed E-state index contributed by atoms with van der Waals surface area (Å²) in [7, 11) is 1.58. The van der Waals surface area contributed by atoms with Crippen LogP contribution in [0.1, 0.15) is 40.1 Å². The van der Waals surface area contributed by atoms with Crippen LogP contribution in [0.3, 0.4) is 0 Å². The number of amides is 1. The first-order valence-corrected chi connectivity index (χ1v) is 7.61. The van der Waals surface area contributed by atoms with Gasteiger partial charge in [-0.3, -0.25) is 9.59 Å². The number of aromatic nitrogens is 3. The summed E-state index contributed by atoms with van der Waals surface area (Å²) in [6.07, 6.45) is 2.07. The van der Waals surface area contributed by atoms with Crippen LogP contribution in [0.15, 0.2) is 20.1 Å². The van der Waals surface area contributed by atoms with Crippen LogP contribution in [0.2, 0.25) is 0 Å². The van der Waals surface area contributed by atoms with Crippen molar-refractivity contribution in [2.75, 3.05) is 0 Å². The van der Waals surface area contributed by atoms with Gasteiger partial charge in [0, 0.05) is 19.2 Å². The van der Waals surface area contributed by atoms with E-state index >= 15 is 0 Å². The molecule has 0 aromatic carbocycles. The number of nitrogens with zero attached hydrogens (tertiary/aromatic N) is 3. The Kier molecular flexibility index (Phi) is 3.96. The van der Waals surface area contributed by atoms with Crippen molar-refractivity contribution in [3.05, 3.63) is 45.0 Å². The molecule has 3 aromatic rings. The first-order chi connectivity index (χ1) is 11.4. The van der Waals surface area contributed by atoms with Gasteiger partial charge in [0.15, 0.2) is 0 Å². The van der Waals surface area contributed by atoms with Crippen molar-refractivity contribution in [1.29, 1.82) is 0 Å². The summed E-state index contributed by atoms with van der Waals surface area (Å²) in [5.41, 5.74) is 1.71. The molecule has 0 aliphatic heterocycles. The molecular formula is C16H18N4O4. The topological polar surface area (TPSA) is 103 Å². The molecule has 3 rings (SSSR count). The van der Waals surface area contributed by atoms with Crippen LogP contribution in [-0.2, 0) is 20.0 Å². The van der Waals surface area contributed by atoms with Gasteiger partial charge in [0.1, 0.15) is 23.2 Å². The second-order valence-electron chi connectivity index (χ2n) is 5.57. The average Bonchev–Trinajstić information content (AvgIpc) is 3.08. The molecule has 1 N–H and O–H groups in total. The van der Waals surface area contributed by atoms with Crippen LogP contribution in [-0.4, -0.2) is 20.6 Å². The van der Waals surface area contributed by atoms with Crippen LogP contribution in [0.25, 0.3) is 11.1 Å². The van der Waals surface area contributed by atoms with Gasteiger partial charge in [-0.25, -0.2) is 4.98 Å². The van der Waals surface area contributed by atoms with Gasteiger partial charge in [-0.05, 0) is 20.3 Å². The molecule has 8 heteroatoms. The van der Waals surface area contributed by atoms with Crippen molar-refractivity contribution in [1.82, 2.24) is 20.0 Å². The highest BCUT2D eigenvalue weighted by Crippen LogP contribution is 2.21. The Labute approximate surface area is 137 Å². The lowest BCUT2D eigenvalue weighted by molar-refractivity contribution is 0.0950. The number of rotatable bonds is 4. The summed E-state index contributed by atoms with van der Waals surface area (Å²) < 4.78 is 11.9. The van der Waals surface area contributed by atoms with E-state index < -0.39 is 0 Å². The lowest BCUT2D eigenvalue weighted by Crippen LogP contribution is -2.26. The Balaban J connectivity index is 1.95. The monoisotopic (exact) mass is 330 g/mol. The molecule has 3 aromatic heterocycles. The maximum absolute atomic E-state index is 12.6. The fraction of sp³-hybridized carbons (Fsp3) is 0.375. The van der Waals surface area contributed by atoms with E-state index in [0.717, 1.165) is 11.3 Å². The largest absolute Gasteiger partial charge is 0.442 e. The van der Waals surface area contributed by atoms with E-state index in [0.29, 0.717) is 17.9 Å². The number of hydrogen-bond acceptors (Lipinski definition) is 6. The molecule has 0 saturated carbocycles. The van der Waals surface area contributed by atoms with Crippen LogP contribution in [0, 0.1) is 13.8 Å². The van der Waals surface area contributed by atoms with Crippen molar-refractivity contribution in [2.45, 2.75) is 33.7 Å². The third kappa shape index (κ3) is 2.49. The highest BCUT2D eigenvalue weighted by molar-refractivity contribution is 6.06. The van der Waals surface area contributed by atoms with Gasteiger partial charge in [-0.2, -0.15) is 0 Å². The molecule has 0 fully saturated rings. The maximum Gasteiger partial charge on any atom is 0.265 e. The highest BCUT2D eigenvalue weighted by Gasteiger charge is 2.23. The number of fused-ring (bicyclic) bond motifs is 1. The van der Waals surface area contributed by atoms with Crippen molar-refractivity contribution in [3.8, 4) is 0 Å². The Bertz CT molecular complexity index is 980. The molecule has 8 nitrogen and oxygen atoms in total. The zero-order valence-corrected chi connectivity index (χ0v) is 14.0. The lowest BCUT2D eigenvalue weighted by atomic mass is 10.1. The van der Waals surface area contributed by atoms with Gasteiger partial charge in [0.2, 0.25) is 5.71 Å². The van der Waals surface area contributed by atoms with Crippen molar-refractivity contribution >= 4 is 17.0 Å². The molecule has 1 amide bonds. The molecule has 0 aliphatic rings. The number of aryl methyl sites for hydroxylation is 4. The molecule has 0 spiro atoms. The predicted molar refractivity (Wildman–Crippen MR) is 85.8 cm³/mol. The molecule has 0 atom stereocenters. The first-order valence-electron chi connectivity index (χ1n) is 7.61. The number of hydrogen-bond donors (Lipinski definition) is 1. The number of carbonyl (C=O) groups excluding carboxylic acids is 1. The molecule has 0 unspecified atom stereocenters. The minimum Gasteiger partial charge on any atom is -0.442 e. The molecule has 126 valence electrons. The number of furan rings is 1. The fourth-order valence-electron chi connectivity index (χ4n) is 2.66. The summed E-state index contributed by atoms with van der Waals surface area (Å²) in [4.78, 5) is 29.0. The normalized spacial score (nSPS) is 11.2. The average molecular weight is 330 g/mol. The van der Waals surface area contributed by atoms with E-state index in [1.54, 1.807) is 20.9 Å². The molecule has 0 aliphatic carbocycles. The van der Waals surface area contributed by atoms with Crippen LogP contribution in [0.5, 0.6) is 0 Å². The van der Waals surface area contributed by atoms with E-state index in [1.165, 1.54) is 10.9 Å². The van der Waals surface area contributed by atoms with Gasteiger partial charge in [-0.15, -0.1) is 0 Å². The number of nitrogens with one attached hydrogen (secondary N) is 1. The van der Waals surface area contributed by atoms with Gasteiger partial charge >= 0.3 is 0 Å². The summed E-state index contributed by atoms with van der Waals surface area (Å²) in [5, 5.41) is 6.96. The third-order valence-electron chi connectivity index (χ3n) is 4.00. The van der Waals surface area contributed by atoms with E-state index in [4.69, 9.17) is 8.94 Å². The molecule has 0 bridgehead atoms. The minimum absolute atomic E-state index is 0.163. The summed E-state index contributed by atoms with van der Waals surface area (Å²) >= 11 is 0. The first kappa shape index (κ1) is 16.0. The van der Waals surface area contributed by atoms with Crippen LogP contribution < -0.4 is 10.9 Å². The van der Waals surface area contributed by atoms with Crippen LogP contribution >= 0.6 is 0 Å². The second kappa shape index (κ2) is 5.95. The highest BCUT2D eigenvalue weighted by atomic mass is 16.5. The van der Waals surface area contributed by atoms with Gasteiger partial charge in [-0.1, -0.05) is 12.1 Å².